The Hall–Kier alpha value is -1.10. The molecule has 1 atom stereocenters. The summed E-state index contributed by atoms with van der Waals surface area (Å²) >= 11 is 0. The molecular weight excluding hydrogens is 222 g/mol. The van der Waals surface area contributed by atoms with Gasteiger partial charge in [0.2, 0.25) is 5.91 Å². The summed E-state index contributed by atoms with van der Waals surface area (Å²) < 4.78 is 4.77. The summed E-state index contributed by atoms with van der Waals surface area (Å²) in [5.74, 6) is 0.108. The SMILES string of the molecule is CCOC(=O)CCC(=O)N1CCC(CCO)C1. The Morgan fingerprint density at radius 3 is 2.82 bits per heavy atom. The van der Waals surface area contributed by atoms with Crippen molar-refractivity contribution in [1.82, 2.24) is 4.90 Å². The number of rotatable bonds is 6. The Kier molecular flexibility index (Phi) is 5.97. The molecule has 1 fully saturated rings. The predicted octanol–water partition coefficient (Wildman–Crippen LogP) is 0.561. The number of carbonyl (C=O) groups excluding carboxylic acids is 2. The molecule has 0 aromatic heterocycles. The largest absolute Gasteiger partial charge is 0.466 e. The van der Waals surface area contributed by atoms with Gasteiger partial charge in [0.15, 0.2) is 0 Å². The molecule has 1 amide bonds. The van der Waals surface area contributed by atoms with E-state index in [4.69, 9.17) is 9.84 Å². The minimum absolute atomic E-state index is 0.0125. The fourth-order valence-corrected chi connectivity index (χ4v) is 2.08. The number of likely N-dealkylation sites (tertiary alicyclic amines) is 1. The lowest BCUT2D eigenvalue weighted by atomic mass is 10.1. The van der Waals surface area contributed by atoms with Crippen molar-refractivity contribution < 1.29 is 19.4 Å². The Morgan fingerprint density at radius 1 is 1.41 bits per heavy atom. The average molecular weight is 243 g/mol. The standard InChI is InChI=1S/C12H21NO4/c1-2-17-12(16)4-3-11(15)13-7-5-10(9-13)6-8-14/h10,14H,2-9H2,1H3. The first-order chi connectivity index (χ1) is 8.17. The first-order valence-electron chi connectivity index (χ1n) is 6.21. The maximum Gasteiger partial charge on any atom is 0.306 e. The zero-order chi connectivity index (χ0) is 12.7. The number of hydrogen-bond donors (Lipinski definition) is 1. The number of aliphatic hydroxyl groups is 1. The Balaban J connectivity index is 2.22. The fraction of sp³-hybridized carbons (Fsp3) is 0.833. The minimum Gasteiger partial charge on any atom is -0.466 e. The molecule has 0 radical (unpaired) electrons. The molecule has 1 unspecified atom stereocenters. The second-order valence-electron chi connectivity index (χ2n) is 4.31. The molecule has 0 saturated carbocycles. The molecule has 1 aliphatic rings. The van der Waals surface area contributed by atoms with E-state index in [1.165, 1.54) is 0 Å². The van der Waals surface area contributed by atoms with Gasteiger partial charge in [-0.05, 0) is 25.7 Å². The van der Waals surface area contributed by atoms with Gasteiger partial charge in [0, 0.05) is 26.1 Å². The first kappa shape index (κ1) is 14.0. The van der Waals surface area contributed by atoms with Gasteiger partial charge in [-0.1, -0.05) is 0 Å². The van der Waals surface area contributed by atoms with E-state index in [0.29, 0.717) is 19.1 Å². The molecule has 1 heterocycles. The fourth-order valence-electron chi connectivity index (χ4n) is 2.08. The van der Waals surface area contributed by atoms with Gasteiger partial charge < -0.3 is 14.7 Å². The van der Waals surface area contributed by atoms with Crippen LogP contribution in [0, 0.1) is 5.92 Å². The zero-order valence-corrected chi connectivity index (χ0v) is 10.4. The van der Waals surface area contributed by atoms with Crippen LogP contribution in [0.15, 0.2) is 0 Å². The van der Waals surface area contributed by atoms with E-state index in [1.807, 2.05) is 0 Å². The van der Waals surface area contributed by atoms with Crippen molar-refractivity contribution in [2.24, 2.45) is 5.92 Å². The summed E-state index contributed by atoms with van der Waals surface area (Å²) in [6.07, 6.45) is 2.09. The number of nitrogens with zero attached hydrogens (tertiary/aromatic N) is 1. The highest BCUT2D eigenvalue weighted by Crippen LogP contribution is 2.20. The van der Waals surface area contributed by atoms with Gasteiger partial charge in [-0.3, -0.25) is 9.59 Å². The molecule has 5 nitrogen and oxygen atoms in total. The van der Waals surface area contributed by atoms with E-state index in [0.717, 1.165) is 19.4 Å². The van der Waals surface area contributed by atoms with Crippen molar-refractivity contribution in [1.29, 1.82) is 0 Å². The van der Waals surface area contributed by atoms with Crippen LogP contribution in [0.5, 0.6) is 0 Å². The van der Waals surface area contributed by atoms with Crippen LogP contribution in [0.4, 0.5) is 0 Å². The molecular formula is C12H21NO4. The highest BCUT2D eigenvalue weighted by Gasteiger charge is 2.25. The monoisotopic (exact) mass is 243 g/mol. The average Bonchev–Trinajstić information content (AvgIpc) is 2.75. The summed E-state index contributed by atoms with van der Waals surface area (Å²) in [5, 5.41) is 8.82. The predicted molar refractivity (Wildman–Crippen MR) is 62.3 cm³/mol. The molecule has 0 aromatic carbocycles. The summed E-state index contributed by atoms with van der Waals surface area (Å²) in [4.78, 5) is 24.6. The molecule has 17 heavy (non-hydrogen) atoms. The Labute approximate surface area is 102 Å². The van der Waals surface area contributed by atoms with Crippen molar-refractivity contribution in [3.63, 3.8) is 0 Å². The molecule has 1 N–H and O–H groups in total. The number of aliphatic hydroxyl groups excluding tert-OH is 1. The summed E-state index contributed by atoms with van der Waals surface area (Å²) in [6, 6.07) is 0. The van der Waals surface area contributed by atoms with Crippen LogP contribution in [-0.2, 0) is 14.3 Å². The van der Waals surface area contributed by atoms with Crippen LogP contribution in [-0.4, -0.2) is 48.2 Å². The van der Waals surface area contributed by atoms with Gasteiger partial charge >= 0.3 is 5.97 Å². The van der Waals surface area contributed by atoms with E-state index in [9.17, 15) is 9.59 Å². The number of carbonyl (C=O) groups is 2. The number of ether oxygens (including phenoxy) is 1. The van der Waals surface area contributed by atoms with Crippen LogP contribution in [0.1, 0.15) is 32.6 Å². The van der Waals surface area contributed by atoms with Crippen molar-refractivity contribution in [2.45, 2.75) is 32.6 Å². The minimum atomic E-state index is -0.313. The van der Waals surface area contributed by atoms with Crippen molar-refractivity contribution in [2.75, 3.05) is 26.3 Å². The van der Waals surface area contributed by atoms with Crippen LogP contribution in [0.3, 0.4) is 0 Å². The van der Waals surface area contributed by atoms with E-state index >= 15 is 0 Å². The van der Waals surface area contributed by atoms with Crippen LogP contribution in [0.25, 0.3) is 0 Å². The lowest BCUT2D eigenvalue weighted by Crippen LogP contribution is -2.29. The normalized spacial score (nSPS) is 19.4. The molecule has 1 saturated heterocycles. The highest BCUT2D eigenvalue weighted by atomic mass is 16.5. The van der Waals surface area contributed by atoms with Crippen LogP contribution < -0.4 is 0 Å². The topological polar surface area (TPSA) is 66.8 Å². The first-order valence-corrected chi connectivity index (χ1v) is 6.21. The third-order valence-electron chi connectivity index (χ3n) is 3.02. The maximum absolute atomic E-state index is 11.8. The number of esters is 1. The second kappa shape index (κ2) is 7.27. The second-order valence-corrected chi connectivity index (χ2v) is 4.31. The molecule has 0 bridgehead atoms. The number of amides is 1. The van der Waals surface area contributed by atoms with Crippen molar-refractivity contribution >= 4 is 11.9 Å². The smallest absolute Gasteiger partial charge is 0.306 e. The molecule has 98 valence electrons. The molecule has 0 aromatic rings. The lowest BCUT2D eigenvalue weighted by molar-refractivity contribution is -0.145. The van der Waals surface area contributed by atoms with Gasteiger partial charge in [0.05, 0.1) is 13.0 Å². The maximum atomic E-state index is 11.8. The van der Waals surface area contributed by atoms with E-state index in [-0.39, 0.29) is 31.3 Å². The Morgan fingerprint density at radius 2 is 2.18 bits per heavy atom. The van der Waals surface area contributed by atoms with E-state index < -0.39 is 0 Å². The molecule has 0 aliphatic carbocycles. The van der Waals surface area contributed by atoms with Gasteiger partial charge in [-0.2, -0.15) is 0 Å². The van der Waals surface area contributed by atoms with Crippen molar-refractivity contribution in [3.05, 3.63) is 0 Å². The summed E-state index contributed by atoms with van der Waals surface area (Å²) in [7, 11) is 0. The Bertz CT molecular complexity index is 267. The zero-order valence-electron chi connectivity index (χ0n) is 10.4. The third-order valence-corrected chi connectivity index (χ3v) is 3.02. The van der Waals surface area contributed by atoms with Crippen molar-refractivity contribution in [3.8, 4) is 0 Å². The number of hydrogen-bond acceptors (Lipinski definition) is 4. The van der Waals surface area contributed by atoms with E-state index in [2.05, 4.69) is 0 Å². The molecule has 0 spiro atoms. The van der Waals surface area contributed by atoms with Gasteiger partial charge in [0.1, 0.15) is 0 Å². The lowest BCUT2D eigenvalue weighted by Gasteiger charge is -2.16. The summed E-state index contributed by atoms with van der Waals surface area (Å²) in [6.45, 7) is 3.74. The van der Waals surface area contributed by atoms with E-state index in [1.54, 1.807) is 11.8 Å². The van der Waals surface area contributed by atoms with Gasteiger partial charge in [-0.25, -0.2) is 0 Å². The van der Waals surface area contributed by atoms with Gasteiger partial charge in [0.25, 0.3) is 0 Å². The summed E-state index contributed by atoms with van der Waals surface area (Å²) in [5.41, 5.74) is 0. The van der Waals surface area contributed by atoms with Crippen LogP contribution in [0.2, 0.25) is 0 Å². The van der Waals surface area contributed by atoms with Crippen LogP contribution >= 0.6 is 0 Å². The molecule has 1 aliphatic heterocycles. The molecule has 1 rings (SSSR count). The quantitative estimate of drug-likeness (QED) is 0.692. The third kappa shape index (κ3) is 4.73. The molecule has 5 heteroatoms. The highest BCUT2D eigenvalue weighted by molar-refractivity contribution is 5.81. The van der Waals surface area contributed by atoms with Gasteiger partial charge in [-0.15, -0.1) is 0 Å².